The first kappa shape index (κ1) is 25.3. The number of aromatic nitrogens is 5. The summed E-state index contributed by atoms with van der Waals surface area (Å²) in [6.45, 7) is 0.0743. The fourth-order valence-electron chi connectivity index (χ4n) is 5.11. The van der Waals surface area contributed by atoms with Crippen molar-refractivity contribution in [3.05, 3.63) is 68.1 Å². The fourth-order valence-corrected chi connectivity index (χ4v) is 6.54. The Labute approximate surface area is 230 Å². The summed E-state index contributed by atoms with van der Waals surface area (Å²) in [6, 6.07) is 6.34. The number of nitriles is 1. The maximum atomic E-state index is 14.2. The van der Waals surface area contributed by atoms with Crippen LogP contribution in [0.3, 0.4) is 0 Å². The zero-order chi connectivity index (χ0) is 27.4. The number of ether oxygens (including phenoxy) is 1. The molecule has 4 aromatic heterocycles. The molecule has 1 aliphatic rings. The summed E-state index contributed by atoms with van der Waals surface area (Å²) < 4.78 is 24.1. The second kappa shape index (κ2) is 9.63. The third-order valence-electron chi connectivity index (χ3n) is 7.28. The first-order chi connectivity index (χ1) is 18.8. The molecule has 1 saturated carbocycles. The van der Waals surface area contributed by atoms with Crippen molar-refractivity contribution in [3.63, 3.8) is 0 Å². The largest absolute Gasteiger partial charge is 0.494 e. The molecule has 198 valence electrons. The van der Waals surface area contributed by atoms with E-state index in [0.717, 1.165) is 47.1 Å². The third-order valence-corrected chi connectivity index (χ3v) is 8.74. The summed E-state index contributed by atoms with van der Waals surface area (Å²) >= 11 is 7.50. The summed E-state index contributed by atoms with van der Waals surface area (Å²) in [6.07, 6.45) is 6.41. The Morgan fingerprint density at radius 2 is 2.05 bits per heavy atom. The predicted octanol–water partition coefficient (Wildman–Crippen LogP) is 5.14. The Balaban J connectivity index is 1.64. The minimum atomic E-state index is -0.612. The van der Waals surface area contributed by atoms with E-state index in [1.807, 2.05) is 11.6 Å². The number of aryl methyl sites for hydroxylation is 2. The highest BCUT2D eigenvalue weighted by Crippen LogP contribution is 2.40. The fraction of sp³-hybridized carbons (Fsp3) is 0.296. The van der Waals surface area contributed by atoms with E-state index < -0.39 is 17.1 Å². The number of imidazole rings is 1. The normalized spacial score (nSPS) is 13.6. The van der Waals surface area contributed by atoms with Gasteiger partial charge in [-0.05, 0) is 31.0 Å². The Morgan fingerprint density at radius 3 is 2.74 bits per heavy atom. The highest BCUT2D eigenvalue weighted by atomic mass is 35.5. The zero-order valence-corrected chi connectivity index (χ0v) is 22.6. The van der Waals surface area contributed by atoms with Crippen molar-refractivity contribution in [2.75, 3.05) is 7.11 Å². The lowest BCUT2D eigenvalue weighted by molar-refractivity contribution is 0.387. The van der Waals surface area contributed by atoms with Gasteiger partial charge < -0.3 is 9.30 Å². The van der Waals surface area contributed by atoms with Gasteiger partial charge in [0.15, 0.2) is 11.6 Å². The lowest BCUT2D eigenvalue weighted by Gasteiger charge is -2.24. The molecule has 0 aliphatic heterocycles. The summed E-state index contributed by atoms with van der Waals surface area (Å²) in [5, 5.41) is 9.41. The number of benzene rings is 1. The number of methoxy groups -OCH3 is 1. The molecule has 5 aromatic rings. The molecular formula is C27H22ClFN6O3S. The highest BCUT2D eigenvalue weighted by Gasteiger charge is 2.27. The van der Waals surface area contributed by atoms with Gasteiger partial charge in [-0.25, -0.2) is 18.7 Å². The van der Waals surface area contributed by atoms with E-state index in [-0.39, 0.29) is 23.7 Å². The maximum Gasteiger partial charge on any atom is 0.336 e. The van der Waals surface area contributed by atoms with E-state index in [0.29, 0.717) is 43.3 Å². The van der Waals surface area contributed by atoms with Crippen LogP contribution in [0.4, 0.5) is 4.39 Å². The molecule has 4 heterocycles. The summed E-state index contributed by atoms with van der Waals surface area (Å²) in [4.78, 5) is 37.5. The number of hydrogen-bond donors (Lipinski definition) is 0. The van der Waals surface area contributed by atoms with Crippen molar-refractivity contribution in [3.8, 4) is 27.9 Å². The van der Waals surface area contributed by atoms with Crippen LogP contribution >= 0.6 is 22.9 Å². The van der Waals surface area contributed by atoms with Crippen molar-refractivity contribution in [1.29, 1.82) is 5.26 Å². The monoisotopic (exact) mass is 564 g/mol. The molecule has 39 heavy (non-hydrogen) atoms. The van der Waals surface area contributed by atoms with Gasteiger partial charge in [0.2, 0.25) is 0 Å². The van der Waals surface area contributed by atoms with Gasteiger partial charge in [-0.3, -0.25) is 14.3 Å². The minimum Gasteiger partial charge on any atom is -0.494 e. The molecule has 0 spiro atoms. The summed E-state index contributed by atoms with van der Waals surface area (Å²) in [5.74, 6) is 0.628. The standard InChI is InChI=1S/C27H22ClFN6O3S/c1-33-23-18(32-25(33)14-5-3-6-14)12-31-13-20(23)35-26(36)24-19(34(27(35)37)8-4-7-30)11-22(39-24)15-9-21(38-2)17(29)10-16(15)28/h9-14H,3-6,8H2,1-2H3. The molecule has 0 radical (unpaired) electrons. The van der Waals surface area contributed by atoms with E-state index in [2.05, 4.69) is 11.1 Å². The van der Waals surface area contributed by atoms with Gasteiger partial charge in [0.25, 0.3) is 5.56 Å². The Bertz CT molecular complexity index is 1950. The van der Waals surface area contributed by atoms with Crippen LogP contribution in [-0.4, -0.2) is 30.8 Å². The molecule has 9 nitrogen and oxygen atoms in total. The van der Waals surface area contributed by atoms with Crippen LogP contribution in [0.15, 0.2) is 40.2 Å². The molecule has 1 aromatic carbocycles. The van der Waals surface area contributed by atoms with E-state index in [1.165, 1.54) is 23.9 Å². The van der Waals surface area contributed by atoms with Crippen molar-refractivity contribution >= 4 is 44.2 Å². The van der Waals surface area contributed by atoms with Crippen LogP contribution < -0.4 is 16.0 Å². The van der Waals surface area contributed by atoms with Gasteiger partial charge in [-0.15, -0.1) is 11.3 Å². The quantitative estimate of drug-likeness (QED) is 0.282. The number of nitrogens with zero attached hydrogens (tertiary/aromatic N) is 6. The Kier molecular flexibility index (Phi) is 6.24. The van der Waals surface area contributed by atoms with Crippen LogP contribution in [0.25, 0.3) is 37.4 Å². The lowest BCUT2D eigenvalue weighted by Crippen LogP contribution is -2.38. The summed E-state index contributed by atoms with van der Waals surface area (Å²) in [7, 11) is 3.24. The second-order valence-corrected chi connectivity index (χ2v) is 10.9. The first-order valence-corrected chi connectivity index (χ1v) is 13.5. The van der Waals surface area contributed by atoms with Gasteiger partial charge >= 0.3 is 5.69 Å². The second-order valence-electron chi connectivity index (χ2n) is 9.46. The number of fused-ring (bicyclic) bond motifs is 2. The van der Waals surface area contributed by atoms with Gasteiger partial charge in [-0.1, -0.05) is 18.0 Å². The lowest BCUT2D eigenvalue weighted by atomic mass is 9.85. The number of hydrogen-bond acceptors (Lipinski definition) is 7. The SMILES string of the molecule is COc1cc(-c2cc3c(s2)c(=O)n(-c2cncc4nc(C5CCC5)n(C)c24)c(=O)n3CCC#N)c(Cl)cc1F. The number of halogens is 2. The minimum absolute atomic E-state index is 0.00219. The van der Waals surface area contributed by atoms with Crippen molar-refractivity contribution in [2.45, 2.75) is 38.1 Å². The zero-order valence-electron chi connectivity index (χ0n) is 21.1. The van der Waals surface area contributed by atoms with Gasteiger partial charge in [-0.2, -0.15) is 5.26 Å². The highest BCUT2D eigenvalue weighted by molar-refractivity contribution is 7.22. The Morgan fingerprint density at radius 1 is 1.26 bits per heavy atom. The molecule has 6 rings (SSSR count). The molecule has 0 unspecified atom stereocenters. The van der Waals surface area contributed by atoms with Crippen molar-refractivity contribution in [2.24, 2.45) is 7.05 Å². The van der Waals surface area contributed by atoms with Gasteiger partial charge in [0.1, 0.15) is 16.0 Å². The molecule has 0 atom stereocenters. The molecule has 0 bridgehead atoms. The average molecular weight is 565 g/mol. The van der Waals surface area contributed by atoms with Crippen molar-refractivity contribution < 1.29 is 9.13 Å². The summed E-state index contributed by atoms with van der Waals surface area (Å²) in [5.41, 5.74) is 1.29. The molecule has 1 aliphatic carbocycles. The third kappa shape index (κ3) is 3.94. The molecule has 0 N–H and O–H groups in total. The average Bonchev–Trinajstić information content (AvgIpc) is 3.46. The first-order valence-electron chi connectivity index (χ1n) is 12.3. The molecule has 0 amide bonds. The molecular weight excluding hydrogens is 543 g/mol. The number of rotatable bonds is 6. The molecule has 0 saturated heterocycles. The van der Waals surface area contributed by atoms with Crippen LogP contribution in [0.5, 0.6) is 5.75 Å². The van der Waals surface area contributed by atoms with Crippen LogP contribution in [0.1, 0.15) is 37.4 Å². The van der Waals surface area contributed by atoms with Crippen LogP contribution in [0.2, 0.25) is 5.02 Å². The van der Waals surface area contributed by atoms with E-state index >= 15 is 0 Å². The smallest absolute Gasteiger partial charge is 0.336 e. The Hall–Kier alpha value is -4.01. The van der Waals surface area contributed by atoms with E-state index in [9.17, 15) is 19.2 Å². The van der Waals surface area contributed by atoms with Gasteiger partial charge in [0, 0.05) is 30.0 Å². The predicted molar refractivity (Wildman–Crippen MR) is 148 cm³/mol. The van der Waals surface area contributed by atoms with E-state index in [4.69, 9.17) is 21.3 Å². The number of pyridine rings is 1. The maximum absolute atomic E-state index is 14.2. The van der Waals surface area contributed by atoms with Crippen molar-refractivity contribution in [1.82, 2.24) is 23.7 Å². The topological polar surface area (TPSA) is 108 Å². The molecule has 1 fully saturated rings. The van der Waals surface area contributed by atoms with Gasteiger partial charge in [0.05, 0.1) is 53.7 Å². The number of thiophene rings is 1. The van der Waals surface area contributed by atoms with Crippen LogP contribution in [0, 0.1) is 17.1 Å². The van der Waals surface area contributed by atoms with Crippen LogP contribution in [-0.2, 0) is 13.6 Å². The van der Waals surface area contributed by atoms with E-state index in [1.54, 1.807) is 12.3 Å². The molecule has 12 heteroatoms.